The fourth-order valence-electron chi connectivity index (χ4n) is 1.58. The highest BCUT2D eigenvalue weighted by Crippen LogP contribution is 2.25. The predicted molar refractivity (Wildman–Crippen MR) is 68.6 cm³/mol. The highest BCUT2D eigenvalue weighted by Gasteiger charge is 2.04. The smallest absolute Gasteiger partial charge is 0.137 e. The van der Waals surface area contributed by atoms with Gasteiger partial charge in [-0.25, -0.2) is 4.98 Å². The molecule has 1 aromatic heterocycles. The molecule has 0 N–H and O–H groups in total. The number of aryl methyl sites for hydroxylation is 1. The second kappa shape index (κ2) is 5.56. The van der Waals surface area contributed by atoms with Gasteiger partial charge in [-0.1, -0.05) is 11.6 Å². The first-order valence-electron chi connectivity index (χ1n) is 5.49. The number of hydrogen-bond donors (Lipinski definition) is 0. The zero-order chi connectivity index (χ0) is 13.0. The molecule has 0 radical (unpaired) electrons. The molecule has 0 spiro atoms. The van der Waals surface area contributed by atoms with E-state index in [2.05, 4.69) is 4.98 Å². The minimum atomic E-state index is 0.453. The molecule has 0 aliphatic rings. The van der Waals surface area contributed by atoms with Crippen molar-refractivity contribution >= 4 is 11.6 Å². The van der Waals surface area contributed by atoms with Crippen molar-refractivity contribution in [2.24, 2.45) is 7.05 Å². The lowest BCUT2D eigenvalue weighted by atomic mass is 10.2. The number of nitrogens with zero attached hydrogens (tertiary/aromatic N) is 3. The van der Waals surface area contributed by atoms with Crippen LogP contribution >= 0.6 is 11.6 Å². The van der Waals surface area contributed by atoms with Gasteiger partial charge in [-0.3, -0.25) is 0 Å². The number of aromatic nitrogens is 2. The molecule has 0 unspecified atom stereocenters. The van der Waals surface area contributed by atoms with Crippen LogP contribution in [0.25, 0.3) is 0 Å². The molecule has 4 nitrogen and oxygen atoms in total. The third-order valence-electron chi connectivity index (χ3n) is 2.57. The molecule has 0 aliphatic carbocycles. The van der Waals surface area contributed by atoms with E-state index in [9.17, 15) is 0 Å². The molecule has 0 saturated heterocycles. The van der Waals surface area contributed by atoms with Crippen LogP contribution in [0.2, 0.25) is 5.02 Å². The van der Waals surface area contributed by atoms with Crippen LogP contribution in [0.1, 0.15) is 11.4 Å². The molecule has 2 aromatic rings. The van der Waals surface area contributed by atoms with Crippen LogP contribution in [-0.2, 0) is 13.5 Å². The Bertz CT molecular complexity index is 586. The molecule has 1 heterocycles. The summed E-state index contributed by atoms with van der Waals surface area (Å²) < 4.78 is 7.52. The van der Waals surface area contributed by atoms with Crippen LogP contribution in [0.3, 0.4) is 0 Å². The number of imidazole rings is 1. The minimum absolute atomic E-state index is 0.453. The number of halogens is 1. The molecule has 18 heavy (non-hydrogen) atoms. The lowest BCUT2D eigenvalue weighted by Crippen LogP contribution is -2.06. The summed E-state index contributed by atoms with van der Waals surface area (Å²) in [6, 6.07) is 7.01. The van der Waals surface area contributed by atoms with E-state index < -0.39 is 0 Å². The Balaban J connectivity index is 1.95. The van der Waals surface area contributed by atoms with Crippen molar-refractivity contribution in [3.8, 4) is 11.8 Å². The second-order valence-corrected chi connectivity index (χ2v) is 4.22. The van der Waals surface area contributed by atoms with E-state index in [1.165, 1.54) is 0 Å². The Labute approximate surface area is 110 Å². The number of nitriles is 1. The van der Waals surface area contributed by atoms with Crippen molar-refractivity contribution in [3.63, 3.8) is 0 Å². The Kier molecular flexibility index (Phi) is 3.85. The van der Waals surface area contributed by atoms with Crippen LogP contribution in [0, 0.1) is 11.3 Å². The van der Waals surface area contributed by atoms with Crippen LogP contribution in [-0.4, -0.2) is 16.2 Å². The van der Waals surface area contributed by atoms with E-state index in [0.717, 1.165) is 5.82 Å². The summed E-state index contributed by atoms with van der Waals surface area (Å²) in [5.41, 5.74) is 0.524. The zero-order valence-electron chi connectivity index (χ0n) is 9.93. The zero-order valence-corrected chi connectivity index (χ0v) is 10.7. The lowest BCUT2D eigenvalue weighted by molar-refractivity contribution is 0.317. The highest BCUT2D eigenvalue weighted by molar-refractivity contribution is 6.32. The summed E-state index contributed by atoms with van der Waals surface area (Å²) in [6.45, 7) is 0.497. The van der Waals surface area contributed by atoms with E-state index in [0.29, 0.717) is 29.4 Å². The van der Waals surface area contributed by atoms with Gasteiger partial charge in [0, 0.05) is 25.9 Å². The monoisotopic (exact) mass is 261 g/mol. The highest BCUT2D eigenvalue weighted by atomic mass is 35.5. The molecule has 0 aliphatic heterocycles. The Hall–Kier alpha value is -1.99. The molecular formula is C13H12ClN3O. The number of hydrogen-bond acceptors (Lipinski definition) is 3. The Morgan fingerprint density at radius 2 is 2.33 bits per heavy atom. The number of ether oxygens (including phenoxy) is 1. The molecule has 0 atom stereocenters. The molecule has 0 bridgehead atoms. The van der Waals surface area contributed by atoms with Gasteiger partial charge < -0.3 is 9.30 Å². The maximum absolute atomic E-state index is 8.72. The molecule has 92 valence electrons. The van der Waals surface area contributed by atoms with Crippen molar-refractivity contribution in [2.75, 3.05) is 6.61 Å². The maximum Gasteiger partial charge on any atom is 0.137 e. The lowest BCUT2D eigenvalue weighted by Gasteiger charge is -2.08. The van der Waals surface area contributed by atoms with Crippen LogP contribution in [0.5, 0.6) is 5.75 Å². The molecule has 1 aromatic carbocycles. The average molecular weight is 262 g/mol. The number of rotatable bonds is 4. The van der Waals surface area contributed by atoms with Gasteiger partial charge in [0.15, 0.2) is 0 Å². The summed E-state index contributed by atoms with van der Waals surface area (Å²) in [4.78, 5) is 4.20. The van der Waals surface area contributed by atoms with E-state index in [1.54, 1.807) is 24.4 Å². The number of benzene rings is 1. The van der Waals surface area contributed by atoms with Gasteiger partial charge in [0.2, 0.25) is 0 Å². The van der Waals surface area contributed by atoms with E-state index in [1.807, 2.05) is 23.9 Å². The maximum atomic E-state index is 8.72. The first-order valence-corrected chi connectivity index (χ1v) is 5.87. The Morgan fingerprint density at radius 3 is 2.94 bits per heavy atom. The Morgan fingerprint density at radius 1 is 1.50 bits per heavy atom. The normalized spacial score (nSPS) is 10.1. The van der Waals surface area contributed by atoms with Gasteiger partial charge in [-0.15, -0.1) is 0 Å². The van der Waals surface area contributed by atoms with Crippen LogP contribution in [0.4, 0.5) is 0 Å². The molecular weight excluding hydrogens is 250 g/mol. The molecule has 0 fully saturated rings. The van der Waals surface area contributed by atoms with Gasteiger partial charge >= 0.3 is 0 Å². The fourth-order valence-corrected chi connectivity index (χ4v) is 1.81. The van der Waals surface area contributed by atoms with Gasteiger partial charge in [0.25, 0.3) is 0 Å². The van der Waals surface area contributed by atoms with Crippen molar-refractivity contribution in [3.05, 3.63) is 47.0 Å². The van der Waals surface area contributed by atoms with Crippen LogP contribution in [0.15, 0.2) is 30.6 Å². The van der Waals surface area contributed by atoms with Gasteiger partial charge in [-0.2, -0.15) is 5.26 Å². The summed E-state index contributed by atoms with van der Waals surface area (Å²) in [6.07, 6.45) is 4.36. The van der Waals surface area contributed by atoms with Gasteiger partial charge in [0.05, 0.1) is 23.3 Å². The summed E-state index contributed by atoms with van der Waals surface area (Å²) in [7, 11) is 1.94. The average Bonchev–Trinajstić information content (AvgIpc) is 2.77. The summed E-state index contributed by atoms with van der Waals surface area (Å²) >= 11 is 6.00. The topological polar surface area (TPSA) is 50.8 Å². The standard InChI is InChI=1S/C13H12ClN3O/c1-17-6-5-16-13(17)4-7-18-12-3-2-10(9-15)8-11(12)14/h2-3,5-6,8H,4,7H2,1H3. The summed E-state index contributed by atoms with van der Waals surface area (Å²) in [5.74, 6) is 1.55. The predicted octanol–water partition coefficient (Wildman–Crippen LogP) is 2.57. The largest absolute Gasteiger partial charge is 0.492 e. The quantitative estimate of drug-likeness (QED) is 0.850. The first-order chi connectivity index (χ1) is 8.70. The first kappa shape index (κ1) is 12.5. The molecule has 0 saturated carbocycles. The summed E-state index contributed by atoms with van der Waals surface area (Å²) in [5, 5.41) is 9.18. The minimum Gasteiger partial charge on any atom is -0.492 e. The van der Waals surface area contributed by atoms with E-state index in [-0.39, 0.29) is 0 Å². The van der Waals surface area contributed by atoms with E-state index >= 15 is 0 Å². The van der Waals surface area contributed by atoms with Gasteiger partial charge in [0.1, 0.15) is 11.6 Å². The molecule has 0 amide bonds. The van der Waals surface area contributed by atoms with Crippen molar-refractivity contribution in [1.29, 1.82) is 5.26 Å². The van der Waals surface area contributed by atoms with E-state index in [4.69, 9.17) is 21.6 Å². The molecule has 5 heteroatoms. The van der Waals surface area contributed by atoms with Crippen molar-refractivity contribution in [2.45, 2.75) is 6.42 Å². The van der Waals surface area contributed by atoms with Crippen molar-refractivity contribution in [1.82, 2.24) is 9.55 Å². The van der Waals surface area contributed by atoms with Gasteiger partial charge in [-0.05, 0) is 18.2 Å². The molecule has 2 rings (SSSR count). The van der Waals surface area contributed by atoms with Crippen molar-refractivity contribution < 1.29 is 4.74 Å². The van der Waals surface area contributed by atoms with Crippen LogP contribution < -0.4 is 4.74 Å². The second-order valence-electron chi connectivity index (χ2n) is 3.81. The third kappa shape index (κ3) is 2.82. The third-order valence-corrected chi connectivity index (χ3v) is 2.86. The fraction of sp³-hybridized carbons (Fsp3) is 0.231. The SMILES string of the molecule is Cn1ccnc1CCOc1ccc(C#N)cc1Cl.